The van der Waals surface area contributed by atoms with Crippen molar-refractivity contribution in [1.82, 2.24) is 4.57 Å². The van der Waals surface area contributed by atoms with E-state index in [1.54, 1.807) is 0 Å². The van der Waals surface area contributed by atoms with E-state index in [0.29, 0.717) is 0 Å². The molecule has 0 radical (unpaired) electrons. The fourth-order valence-electron chi connectivity index (χ4n) is 6.79. The molecule has 0 spiro atoms. The molecule has 0 saturated heterocycles. The van der Waals surface area contributed by atoms with Gasteiger partial charge in [0.2, 0.25) is 0 Å². The lowest BCUT2D eigenvalue weighted by Crippen LogP contribution is -2.21. The van der Waals surface area contributed by atoms with E-state index in [9.17, 15) is 0 Å². The van der Waals surface area contributed by atoms with Gasteiger partial charge >= 0.3 is 0 Å². The Hall–Kier alpha value is -4.43. The van der Waals surface area contributed by atoms with Crippen LogP contribution in [0.25, 0.3) is 58.8 Å². The summed E-state index contributed by atoms with van der Waals surface area (Å²) in [6.07, 6.45) is 0. The van der Waals surface area contributed by atoms with Crippen molar-refractivity contribution >= 4 is 76.4 Å². The maximum Gasteiger partial charge on any atom is 0.172 e. The lowest BCUT2D eigenvalue weighted by molar-refractivity contribution is 0.593. The molecule has 1 aliphatic heterocycles. The zero-order valence-corrected chi connectivity index (χ0v) is 23.1. The van der Waals surface area contributed by atoms with Gasteiger partial charge in [-0.25, -0.2) is 0 Å². The van der Waals surface area contributed by atoms with Crippen molar-refractivity contribution in [3.63, 3.8) is 0 Å². The molecule has 0 fully saturated rings. The number of benzene rings is 6. The molecule has 3 heterocycles. The lowest BCUT2D eigenvalue weighted by Gasteiger charge is -2.17. The third-order valence-electron chi connectivity index (χ3n) is 8.40. The summed E-state index contributed by atoms with van der Waals surface area (Å²) in [4.78, 5) is 0. The molecule has 1 atom stereocenters. The molecule has 1 aliphatic rings. The van der Waals surface area contributed by atoms with Crippen LogP contribution in [0.2, 0.25) is 0 Å². The van der Waals surface area contributed by atoms with Gasteiger partial charge in [-0.2, -0.15) is 0 Å². The SMILES string of the molecule is O=P1(c2ccccc2)c2ccccc2-c2ccc3c(c21)c1ccccc1n3-c1cccc2sc3ccccc3c12. The summed E-state index contributed by atoms with van der Waals surface area (Å²) in [5.74, 6) is 0. The largest absolute Gasteiger partial charge is 0.309 e. The molecule has 0 N–H and O–H groups in total. The van der Waals surface area contributed by atoms with Crippen LogP contribution >= 0.6 is 18.5 Å². The molecule has 40 heavy (non-hydrogen) atoms. The van der Waals surface area contributed by atoms with E-state index >= 15 is 4.57 Å². The first-order chi connectivity index (χ1) is 19.7. The van der Waals surface area contributed by atoms with E-state index < -0.39 is 7.14 Å². The van der Waals surface area contributed by atoms with Crippen molar-refractivity contribution in [2.45, 2.75) is 0 Å². The summed E-state index contributed by atoms with van der Waals surface area (Å²) in [7, 11) is -3.12. The Balaban J connectivity index is 1.48. The van der Waals surface area contributed by atoms with Crippen LogP contribution in [-0.4, -0.2) is 4.57 Å². The van der Waals surface area contributed by atoms with Gasteiger partial charge in [0.15, 0.2) is 7.14 Å². The Morgan fingerprint density at radius 1 is 0.525 bits per heavy atom. The maximum atomic E-state index is 15.6. The van der Waals surface area contributed by atoms with Gasteiger partial charge in [-0.3, -0.25) is 0 Å². The first kappa shape index (κ1) is 22.4. The predicted molar refractivity (Wildman–Crippen MR) is 172 cm³/mol. The Labute approximate surface area is 235 Å². The van der Waals surface area contributed by atoms with E-state index in [0.717, 1.165) is 54.5 Å². The molecule has 2 nitrogen and oxygen atoms in total. The second-order valence-corrected chi connectivity index (χ2v) is 14.2. The van der Waals surface area contributed by atoms with Gasteiger partial charge in [-0.1, -0.05) is 103 Å². The highest BCUT2D eigenvalue weighted by Crippen LogP contribution is 2.55. The molecule has 0 aliphatic carbocycles. The molecule has 9 rings (SSSR count). The number of fused-ring (bicyclic) bond motifs is 10. The summed E-state index contributed by atoms with van der Waals surface area (Å²) < 4.78 is 20.6. The van der Waals surface area contributed by atoms with Gasteiger partial charge in [0.05, 0.1) is 16.7 Å². The van der Waals surface area contributed by atoms with E-state index in [4.69, 9.17) is 0 Å². The first-order valence-corrected chi connectivity index (χ1v) is 16.0. The minimum atomic E-state index is -3.12. The summed E-state index contributed by atoms with van der Waals surface area (Å²) in [6, 6.07) is 46.6. The highest BCUT2D eigenvalue weighted by Gasteiger charge is 2.42. The van der Waals surface area contributed by atoms with Gasteiger partial charge < -0.3 is 9.13 Å². The van der Waals surface area contributed by atoms with Gasteiger partial charge in [0, 0.05) is 46.9 Å². The highest BCUT2D eigenvalue weighted by molar-refractivity contribution is 7.86. The molecule has 0 amide bonds. The molecule has 2 aromatic heterocycles. The Morgan fingerprint density at radius 3 is 2.15 bits per heavy atom. The third kappa shape index (κ3) is 2.76. The quantitative estimate of drug-likeness (QED) is 0.198. The summed E-state index contributed by atoms with van der Waals surface area (Å²) in [5.41, 5.74) is 5.54. The zero-order chi connectivity index (χ0) is 26.4. The van der Waals surface area contributed by atoms with Crippen molar-refractivity contribution < 1.29 is 4.57 Å². The minimum Gasteiger partial charge on any atom is -0.309 e. The van der Waals surface area contributed by atoms with Crippen molar-refractivity contribution in [3.8, 4) is 16.8 Å². The number of aromatic nitrogens is 1. The lowest BCUT2D eigenvalue weighted by atomic mass is 10.0. The summed E-state index contributed by atoms with van der Waals surface area (Å²) in [5, 5.41) is 7.55. The second kappa shape index (κ2) is 8.05. The number of para-hydroxylation sites is 1. The van der Waals surface area contributed by atoms with Gasteiger partial charge in [-0.05, 0) is 41.5 Å². The fraction of sp³-hybridized carbons (Fsp3) is 0. The van der Waals surface area contributed by atoms with Crippen LogP contribution in [0.4, 0.5) is 0 Å². The van der Waals surface area contributed by atoms with Crippen molar-refractivity contribution in [2.24, 2.45) is 0 Å². The topological polar surface area (TPSA) is 22.0 Å². The van der Waals surface area contributed by atoms with Crippen LogP contribution in [-0.2, 0) is 4.57 Å². The van der Waals surface area contributed by atoms with Crippen LogP contribution in [0.1, 0.15) is 0 Å². The Bertz CT molecular complexity index is 2360. The van der Waals surface area contributed by atoms with E-state index in [-0.39, 0.29) is 0 Å². The summed E-state index contributed by atoms with van der Waals surface area (Å²) in [6.45, 7) is 0. The van der Waals surface area contributed by atoms with Crippen molar-refractivity contribution in [1.29, 1.82) is 0 Å². The average Bonchev–Trinajstić information content (AvgIpc) is 3.64. The van der Waals surface area contributed by atoms with E-state index in [1.807, 2.05) is 47.7 Å². The average molecular weight is 548 g/mol. The van der Waals surface area contributed by atoms with Crippen molar-refractivity contribution in [2.75, 3.05) is 0 Å². The second-order valence-electron chi connectivity index (χ2n) is 10.4. The van der Waals surface area contributed by atoms with Crippen LogP contribution in [0, 0.1) is 0 Å². The number of hydrogen-bond acceptors (Lipinski definition) is 2. The standard InChI is InChI=1S/C36H22NOPS/c38-39(23-11-2-1-3-12-23)31-18-8-5-13-24(31)25-21-22-30-35(36(25)39)26-14-4-7-16-28(26)37(30)29-17-10-20-33-34(29)27-15-6-9-19-32(27)40-33/h1-22H. The molecule has 6 aromatic carbocycles. The summed E-state index contributed by atoms with van der Waals surface area (Å²) >= 11 is 1.83. The van der Waals surface area contributed by atoms with Crippen LogP contribution in [0.3, 0.4) is 0 Å². The number of rotatable bonds is 2. The molecule has 4 heteroatoms. The van der Waals surface area contributed by atoms with Gasteiger partial charge in [-0.15, -0.1) is 11.3 Å². The van der Waals surface area contributed by atoms with Crippen LogP contribution in [0.5, 0.6) is 0 Å². The zero-order valence-electron chi connectivity index (χ0n) is 21.4. The van der Waals surface area contributed by atoms with Crippen LogP contribution in [0.15, 0.2) is 133 Å². The highest BCUT2D eigenvalue weighted by atomic mass is 32.1. The first-order valence-electron chi connectivity index (χ1n) is 13.5. The number of thiophene rings is 1. The van der Waals surface area contributed by atoms with Crippen LogP contribution < -0.4 is 15.9 Å². The Morgan fingerprint density at radius 2 is 1.25 bits per heavy atom. The molecule has 1 unspecified atom stereocenters. The van der Waals surface area contributed by atoms with Gasteiger partial charge in [0.25, 0.3) is 0 Å². The van der Waals surface area contributed by atoms with Crippen molar-refractivity contribution in [3.05, 3.63) is 133 Å². The molecule has 0 saturated carbocycles. The molecule has 8 aromatic rings. The number of hydrogen-bond donors (Lipinski definition) is 0. The molecule has 0 bridgehead atoms. The Kier molecular flexibility index (Phi) is 4.51. The maximum absolute atomic E-state index is 15.6. The molecular formula is C36H22NOPS. The normalized spacial score (nSPS) is 16.2. The molecule has 188 valence electrons. The van der Waals surface area contributed by atoms with E-state index in [2.05, 4.69) is 102 Å². The monoisotopic (exact) mass is 547 g/mol. The predicted octanol–water partition coefficient (Wildman–Crippen LogP) is 8.77. The third-order valence-corrected chi connectivity index (χ3v) is 12.7. The smallest absolute Gasteiger partial charge is 0.172 e. The molecular weight excluding hydrogens is 525 g/mol. The minimum absolute atomic E-state index is 0.886. The van der Waals surface area contributed by atoms with E-state index in [1.165, 1.54) is 20.2 Å². The number of nitrogens with zero attached hydrogens (tertiary/aromatic N) is 1. The fourth-order valence-corrected chi connectivity index (χ4v) is 11.2. The van der Waals surface area contributed by atoms with Gasteiger partial charge in [0.1, 0.15) is 0 Å².